The number of thiazole rings is 1. The molecule has 0 amide bonds. The second-order valence-corrected chi connectivity index (χ2v) is 5.05. The summed E-state index contributed by atoms with van der Waals surface area (Å²) in [5.41, 5.74) is 6.31. The van der Waals surface area contributed by atoms with E-state index >= 15 is 0 Å². The smallest absolute Gasteiger partial charge is 0.435 e. The Balaban J connectivity index is 2.16. The molecule has 1 heterocycles. The van der Waals surface area contributed by atoms with E-state index in [1.807, 2.05) is 0 Å². The van der Waals surface area contributed by atoms with E-state index in [1.165, 1.54) is 24.3 Å². The van der Waals surface area contributed by atoms with Crippen LogP contribution >= 0.6 is 11.3 Å². The first-order chi connectivity index (χ1) is 9.77. The number of rotatable bonds is 4. The highest BCUT2D eigenvalue weighted by molar-refractivity contribution is 7.11. The molecule has 2 N–H and O–H groups in total. The van der Waals surface area contributed by atoms with Gasteiger partial charge in [0.15, 0.2) is 5.01 Å². The number of nitrogens with two attached hydrogens (primary N) is 1. The van der Waals surface area contributed by atoms with Crippen molar-refractivity contribution in [1.82, 2.24) is 4.98 Å². The van der Waals surface area contributed by atoms with E-state index in [4.69, 9.17) is 5.73 Å². The molecule has 9 heteroatoms. The molecule has 3 nitrogen and oxygen atoms in total. The SMILES string of the molecule is NC(c1ccc(OC(F)F)cc1)c1cnc(C(F)(F)F)s1. The summed E-state index contributed by atoms with van der Waals surface area (Å²) in [5.74, 6) is -0.0544. The minimum absolute atomic E-state index is 0.0544. The Morgan fingerprint density at radius 3 is 2.24 bits per heavy atom. The van der Waals surface area contributed by atoms with Crippen molar-refractivity contribution in [3.63, 3.8) is 0 Å². The van der Waals surface area contributed by atoms with Crippen LogP contribution in [0, 0.1) is 0 Å². The monoisotopic (exact) mass is 324 g/mol. The van der Waals surface area contributed by atoms with E-state index in [9.17, 15) is 22.0 Å². The molecule has 1 unspecified atom stereocenters. The van der Waals surface area contributed by atoms with Crippen molar-refractivity contribution in [1.29, 1.82) is 0 Å². The van der Waals surface area contributed by atoms with E-state index in [1.54, 1.807) is 0 Å². The standard InChI is InChI=1S/C12H9F5N2OS/c13-11(14)20-7-3-1-6(2-4-7)9(18)8-5-19-10(21-8)12(15,16)17/h1-5,9,11H,18H2. The minimum Gasteiger partial charge on any atom is -0.435 e. The van der Waals surface area contributed by atoms with E-state index in [0.717, 1.165) is 6.20 Å². The van der Waals surface area contributed by atoms with E-state index < -0.39 is 23.8 Å². The molecule has 0 aliphatic rings. The number of nitrogens with zero attached hydrogens (tertiary/aromatic N) is 1. The molecule has 0 saturated heterocycles. The number of alkyl halides is 5. The first-order valence-corrected chi connectivity index (χ1v) is 6.42. The van der Waals surface area contributed by atoms with Crippen molar-refractivity contribution in [3.8, 4) is 5.75 Å². The van der Waals surface area contributed by atoms with Gasteiger partial charge in [-0.3, -0.25) is 0 Å². The Morgan fingerprint density at radius 1 is 1.14 bits per heavy atom. The summed E-state index contributed by atoms with van der Waals surface area (Å²) >= 11 is 0.445. The number of hydrogen-bond donors (Lipinski definition) is 1. The Hall–Kier alpha value is -1.74. The average Bonchev–Trinajstić information content (AvgIpc) is 2.87. The van der Waals surface area contributed by atoms with Crippen molar-refractivity contribution in [3.05, 3.63) is 45.9 Å². The molecule has 2 rings (SSSR count). The number of hydrogen-bond acceptors (Lipinski definition) is 4. The highest BCUT2D eigenvalue weighted by Crippen LogP contribution is 2.35. The lowest BCUT2D eigenvalue weighted by molar-refractivity contribution is -0.137. The zero-order chi connectivity index (χ0) is 15.6. The highest BCUT2D eigenvalue weighted by Gasteiger charge is 2.35. The van der Waals surface area contributed by atoms with Gasteiger partial charge < -0.3 is 10.5 Å². The van der Waals surface area contributed by atoms with Crippen LogP contribution in [0.4, 0.5) is 22.0 Å². The molecule has 0 aliphatic heterocycles. The van der Waals surface area contributed by atoms with Crippen molar-refractivity contribution in [2.24, 2.45) is 5.73 Å². The van der Waals surface area contributed by atoms with Crippen LogP contribution in [0.15, 0.2) is 30.5 Å². The largest absolute Gasteiger partial charge is 0.443 e. The van der Waals surface area contributed by atoms with Gasteiger partial charge in [-0.05, 0) is 17.7 Å². The third-order valence-electron chi connectivity index (χ3n) is 2.54. The molecule has 0 spiro atoms. The summed E-state index contributed by atoms with van der Waals surface area (Å²) < 4.78 is 65.6. The van der Waals surface area contributed by atoms with Gasteiger partial charge in [0.2, 0.25) is 0 Å². The first kappa shape index (κ1) is 15.6. The van der Waals surface area contributed by atoms with Crippen molar-refractivity contribution in [2.75, 3.05) is 0 Å². The fraction of sp³-hybridized carbons (Fsp3) is 0.250. The first-order valence-electron chi connectivity index (χ1n) is 5.60. The predicted octanol–water partition coefficient (Wildman–Crippen LogP) is 3.81. The summed E-state index contributed by atoms with van der Waals surface area (Å²) in [6.07, 6.45) is -3.46. The molecule has 0 radical (unpaired) electrons. The summed E-state index contributed by atoms with van der Waals surface area (Å²) in [5, 5.41) is -0.981. The van der Waals surface area contributed by atoms with Crippen LogP contribution in [0.25, 0.3) is 0 Å². The van der Waals surface area contributed by atoms with Crippen LogP contribution in [-0.4, -0.2) is 11.6 Å². The van der Waals surface area contributed by atoms with Crippen molar-refractivity contribution < 1.29 is 26.7 Å². The molecule has 1 atom stereocenters. The van der Waals surface area contributed by atoms with Gasteiger partial charge in [-0.25, -0.2) is 4.98 Å². The maximum absolute atomic E-state index is 12.5. The molecular formula is C12H9F5N2OS. The van der Waals surface area contributed by atoms with Crippen LogP contribution in [-0.2, 0) is 6.18 Å². The fourth-order valence-electron chi connectivity index (χ4n) is 1.58. The maximum atomic E-state index is 12.5. The Morgan fingerprint density at radius 2 is 1.76 bits per heavy atom. The third-order valence-corrected chi connectivity index (χ3v) is 3.66. The van der Waals surface area contributed by atoms with E-state index in [2.05, 4.69) is 9.72 Å². The summed E-state index contributed by atoms with van der Waals surface area (Å²) in [6, 6.07) is 4.55. The maximum Gasteiger partial charge on any atom is 0.443 e. The Kier molecular flexibility index (Phi) is 4.43. The summed E-state index contributed by atoms with van der Waals surface area (Å²) in [6.45, 7) is -2.94. The summed E-state index contributed by atoms with van der Waals surface area (Å²) in [4.78, 5) is 3.51. The lowest BCUT2D eigenvalue weighted by Gasteiger charge is -2.11. The lowest BCUT2D eigenvalue weighted by Crippen LogP contribution is -2.10. The van der Waals surface area contributed by atoms with Crippen molar-refractivity contribution in [2.45, 2.75) is 18.8 Å². The topological polar surface area (TPSA) is 48.1 Å². The van der Waals surface area contributed by atoms with E-state index in [-0.39, 0.29) is 10.6 Å². The molecule has 0 bridgehead atoms. The highest BCUT2D eigenvalue weighted by atomic mass is 32.1. The number of halogens is 5. The zero-order valence-corrected chi connectivity index (χ0v) is 11.1. The van der Waals surface area contributed by atoms with Gasteiger partial charge in [0, 0.05) is 11.1 Å². The van der Waals surface area contributed by atoms with Crippen LogP contribution in [0.1, 0.15) is 21.5 Å². The second-order valence-electron chi connectivity index (χ2n) is 3.99. The predicted molar refractivity (Wildman–Crippen MR) is 66.2 cm³/mol. The van der Waals surface area contributed by atoms with Gasteiger partial charge in [-0.15, -0.1) is 11.3 Å². The Labute approximate surface area is 120 Å². The molecule has 0 aliphatic carbocycles. The van der Waals surface area contributed by atoms with Crippen LogP contribution in [0.2, 0.25) is 0 Å². The van der Waals surface area contributed by atoms with Gasteiger partial charge >= 0.3 is 12.8 Å². The molecule has 114 valence electrons. The number of benzene rings is 1. The minimum atomic E-state index is -4.52. The molecular weight excluding hydrogens is 315 g/mol. The second kappa shape index (κ2) is 5.94. The molecule has 1 aromatic heterocycles. The molecule has 0 fully saturated rings. The quantitative estimate of drug-likeness (QED) is 0.870. The van der Waals surface area contributed by atoms with Crippen LogP contribution < -0.4 is 10.5 Å². The lowest BCUT2D eigenvalue weighted by atomic mass is 10.1. The number of ether oxygens (including phenoxy) is 1. The van der Waals surface area contributed by atoms with Crippen LogP contribution in [0.5, 0.6) is 5.75 Å². The Bertz CT molecular complexity index is 596. The molecule has 1 aromatic carbocycles. The van der Waals surface area contributed by atoms with Gasteiger partial charge in [0.05, 0.1) is 6.04 Å². The third kappa shape index (κ3) is 3.88. The fourth-order valence-corrected chi connectivity index (χ4v) is 2.40. The average molecular weight is 324 g/mol. The zero-order valence-electron chi connectivity index (χ0n) is 10.3. The van der Waals surface area contributed by atoms with Gasteiger partial charge in [-0.1, -0.05) is 12.1 Å². The number of aromatic nitrogens is 1. The molecule has 0 saturated carbocycles. The van der Waals surface area contributed by atoms with E-state index in [0.29, 0.717) is 16.9 Å². The summed E-state index contributed by atoms with van der Waals surface area (Å²) in [7, 11) is 0. The van der Waals surface area contributed by atoms with Crippen LogP contribution in [0.3, 0.4) is 0 Å². The van der Waals surface area contributed by atoms with Crippen molar-refractivity contribution >= 4 is 11.3 Å². The molecule has 21 heavy (non-hydrogen) atoms. The van der Waals surface area contributed by atoms with Gasteiger partial charge in [0.1, 0.15) is 5.75 Å². The molecule has 2 aromatic rings. The van der Waals surface area contributed by atoms with Gasteiger partial charge in [-0.2, -0.15) is 22.0 Å². The van der Waals surface area contributed by atoms with Gasteiger partial charge in [0.25, 0.3) is 0 Å². The normalized spacial score (nSPS) is 13.5.